The number of aromatic nitrogens is 2. The van der Waals surface area contributed by atoms with Crippen LogP contribution < -0.4 is 14.8 Å². The van der Waals surface area contributed by atoms with E-state index in [0.717, 1.165) is 22.4 Å². The topological polar surface area (TPSA) is 89.6 Å². The van der Waals surface area contributed by atoms with Gasteiger partial charge >= 0.3 is 0 Å². The summed E-state index contributed by atoms with van der Waals surface area (Å²) in [6, 6.07) is 11.0. The van der Waals surface area contributed by atoms with E-state index in [1.54, 1.807) is 12.1 Å². The molecule has 2 N–H and O–H groups in total. The van der Waals surface area contributed by atoms with Gasteiger partial charge in [-0.15, -0.1) is 0 Å². The highest BCUT2D eigenvalue weighted by Gasteiger charge is 2.18. The van der Waals surface area contributed by atoms with Crippen LogP contribution in [0.3, 0.4) is 0 Å². The van der Waals surface area contributed by atoms with E-state index in [-0.39, 0.29) is 18.8 Å². The molecule has 7 nitrogen and oxygen atoms in total. The van der Waals surface area contributed by atoms with Gasteiger partial charge in [0.25, 0.3) is 5.89 Å². The monoisotopic (exact) mass is 415 g/mol. The van der Waals surface area contributed by atoms with Crippen LogP contribution in [-0.4, -0.2) is 40.6 Å². The lowest BCUT2D eigenvalue weighted by molar-refractivity contribution is 0.191. The Hall–Kier alpha value is -2.61. The molecule has 0 bridgehead atoms. The van der Waals surface area contributed by atoms with Gasteiger partial charge in [-0.2, -0.15) is 4.98 Å². The van der Waals surface area contributed by atoms with Crippen molar-refractivity contribution in [2.45, 2.75) is 32.5 Å². The molecule has 1 unspecified atom stereocenters. The second-order valence-corrected chi connectivity index (χ2v) is 7.54. The van der Waals surface area contributed by atoms with E-state index >= 15 is 0 Å². The summed E-state index contributed by atoms with van der Waals surface area (Å²) in [6.45, 7) is 4.93. The highest BCUT2D eigenvalue weighted by atomic mass is 35.5. The first-order chi connectivity index (χ1) is 14.0. The van der Waals surface area contributed by atoms with Gasteiger partial charge in [-0.05, 0) is 50.2 Å². The highest BCUT2D eigenvalue weighted by Crippen LogP contribution is 2.32. The zero-order valence-corrected chi connectivity index (χ0v) is 16.9. The van der Waals surface area contributed by atoms with E-state index in [1.807, 2.05) is 38.1 Å². The minimum absolute atomic E-state index is 0.0264. The Balaban J connectivity index is 1.57. The molecule has 2 heterocycles. The first-order valence-corrected chi connectivity index (χ1v) is 9.82. The molecular formula is C21H22ClN3O4. The number of aliphatic hydroxyl groups is 1. The molecule has 29 heavy (non-hydrogen) atoms. The molecule has 4 rings (SSSR count). The number of benzene rings is 2. The molecule has 1 aliphatic heterocycles. The molecule has 2 aromatic carbocycles. The van der Waals surface area contributed by atoms with Crippen LogP contribution in [0, 0.1) is 0 Å². The Morgan fingerprint density at radius 2 is 2.07 bits per heavy atom. The largest absolute Gasteiger partial charge is 0.492 e. The minimum atomic E-state index is -0.0879. The normalized spacial score (nSPS) is 16.2. The number of ether oxygens (including phenoxy) is 2. The number of nitrogens with zero attached hydrogens (tertiary/aromatic N) is 2. The van der Waals surface area contributed by atoms with Crippen molar-refractivity contribution < 1.29 is 19.1 Å². The lowest BCUT2D eigenvalue weighted by atomic mass is 10.1. The Kier molecular flexibility index (Phi) is 5.71. The van der Waals surface area contributed by atoms with E-state index in [1.165, 1.54) is 0 Å². The summed E-state index contributed by atoms with van der Waals surface area (Å²) in [4.78, 5) is 4.51. The number of fused-ring (bicyclic) bond motifs is 1. The standard InChI is InChI=1S/C21H22ClN3O4/c1-12(2)28-19-6-4-14(8-17(19)22)21-24-20(25-29-21)13-3-5-18-15(7-13)9-23-16(10-26)11-27-18/h3-8,12,16,23,26H,9-11H2,1-2H3. The fourth-order valence-corrected chi connectivity index (χ4v) is 3.28. The Morgan fingerprint density at radius 1 is 1.24 bits per heavy atom. The summed E-state index contributed by atoms with van der Waals surface area (Å²) in [5.41, 5.74) is 2.51. The van der Waals surface area contributed by atoms with Gasteiger partial charge in [0.15, 0.2) is 0 Å². The van der Waals surface area contributed by atoms with Crippen LogP contribution in [0.5, 0.6) is 11.5 Å². The minimum Gasteiger partial charge on any atom is -0.492 e. The fourth-order valence-electron chi connectivity index (χ4n) is 3.06. The van der Waals surface area contributed by atoms with Crippen molar-refractivity contribution in [3.8, 4) is 34.3 Å². The second-order valence-electron chi connectivity index (χ2n) is 7.13. The van der Waals surface area contributed by atoms with Crippen molar-refractivity contribution in [3.63, 3.8) is 0 Å². The van der Waals surface area contributed by atoms with Crippen molar-refractivity contribution in [3.05, 3.63) is 47.0 Å². The Labute approximate surface area is 173 Å². The van der Waals surface area contributed by atoms with Crippen LogP contribution in [0.4, 0.5) is 0 Å². The SMILES string of the molecule is CC(C)Oc1ccc(-c2nc(-c3ccc4c(c3)CNC(CO)CO4)no2)cc1Cl. The fraction of sp³-hybridized carbons (Fsp3) is 0.333. The van der Waals surface area contributed by atoms with E-state index < -0.39 is 0 Å². The summed E-state index contributed by atoms with van der Waals surface area (Å²) in [5, 5.41) is 17.2. The third-order valence-electron chi connectivity index (χ3n) is 4.53. The third kappa shape index (κ3) is 4.37. The quantitative estimate of drug-likeness (QED) is 0.656. The van der Waals surface area contributed by atoms with Gasteiger partial charge in [-0.1, -0.05) is 16.8 Å². The maximum Gasteiger partial charge on any atom is 0.258 e. The summed E-state index contributed by atoms with van der Waals surface area (Å²) < 4.78 is 16.9. The molecule has 0 saturated heterocycles. The second kappa shape index (κ2) is 8.41. The molecule has 8 heteroatoms. The molecule has 0 saturated carbocycles. The summed E-state index contributed by atoms with van der Waals surface area (Å²) in [7, 11) is 0. The van der Waals surface area contributed by atoms with E-state index in [9.17, 15) is 5.11 Å². The van der Waals surface area contributed by atoms with Crippen LogP contribution in [-0.2, 0) is 6.54 Å². The molecule has 0 spiro atoms. The number of hydrogen-bond acceptors (Lipinski definition) is 7. The molecular weight excluding hydrogens is 394 g/mol. The number of rotatable bonds is 5. The van der Waals surface area contributed by atoms with Crippen molar-refractivity contribution in [2.75, 3.05) is 13.2 Å². The maximum atomic E-state index is 9.33. The van der Waals surface area contributed by atoms with Gasteiger partial charge in [0, 0.05) is 23.2 Å². The number of aliphatic hydroxyl groups excluding tert-OH is 1. The van der Waals surface area contributed by atoms with Crippen LogP contribution in [0.1, 0.15) is 19.4 Å². The van der Waals surface area contributed by atoms with Crippen LogP contribution in [0.2, 0.25) is 5.02 Å². The molecule has 0 amide bonds. The molecule has 152 valence electrons. The van der Waals surface area contributed by atoms with Gasteiger partial charge in [0.2, 0.25) is 5.82 Å². The molecule has 0 radical (unpaired) electrons. The van der Waals surface area contributed by atoms with Gasteiger partial charge in [0.05, 0.1) is 23.8 Å². The van der Waals surface area contributed by atoms with E-state index in [2.05, 4.69) is 15.5 Å². The predicted molar refractivity (Wildman–Crippen MR) is 109 cm³/mol. The molecule has 1 aromatic heterocycles. The average Bonchev–Trinajstić information content (AvgIpc) is 3.11. The van der Waals surface area contributed by atoms with Crippen molar-refractivity contribution in [1.82, 2.24) is 15.5 Å². The third-order valence-corrected chi connectivity index (χ3v) is 4.82. The van der Waals surface area contributed by atoms with E-state index in [0.29, 0.717) is 35.6 Å². The van der Waals surface area contributed by atoms with Crippen molar-refractivity contribution >= 4 is 11.6 Å². The van der Waals surface area contributed by atoms with Gasteiger partial charge < -0.3 is 24.4 Å². The average molecular weight is 416 g/mol. The first-order valence-electron chi connectivity index (χ1n) is 9.44. The van der Waals surface area contributed by atoms with Crippen LogP contribution >= 0.6 is 11.6 Å². The number of halogens is 1. The number of nitrogens with one attached hydrogen (secondary N) is 1. The molecule has 1 atom stereocenters. The maximum absolute atomic E-state index is 9.33. The molecule has 1 aliphatic rings. The lowest BCUT2D eigenvalue weighted by Gasteiger charge is -2.11. The summed E-state index contributed by atoms with van der Waals surface area (Å²) in [5.74, 6) is 2.25. The van der Waals surface area contributed by atoms with E-state index in [4.69, 9.17) is 25.6 Å². The van der Waals surface area contributed by atoms with Crippen LogP contribution in [0.25, 0.3) is 22.8 Å². The summed E-state index contributed by atoms with van der Waals surface area (Å²) >= 11 is 6.31. The van der Waals surface area contributed by atoms with Gasteiger partial charge in [-0.3, -0.25) is 0 Å². The predicted octanol–water partition coefficient (Wildman–Crippen LogP) is 3.69. The van der Waals surface area contributed by atoms with Gasteiger partial charge in [-0.25, -0.2) is 0 Å². The highest BCUT2D eigenvalue weighted by molar-refractivity contribution is 6.32. The Bertz CT molecular complexity index is 1010. The summed E-state index contributed by atoms with van der Waals surface area (Å²) in [6.07, 6.45) is 0.0349. The molecule has 0 fully saturated rings. The smallest absolute Gasteiger partial charge is 0.258 e. The first kappa shape index (κ1) is 19.7. The molecule has 3 aromatic rings. The molecule has 0 aliphatic carbocycles. The van der Waals surface area contributed by atoms with Crippen LogP contribution in [0.15, 0.2) is 40.9 Å². The van der Waals surface area contributed by atoms with Gasteiger partial charge in [0.1, 0.15) is 18.1 Å². The zero-order chi connectivity index (χ0) is 20.4. The number of hydrogen-bond donors (Lipinski definition) is 2. The van der Waals surface area contributed by atoms with Crippen molar-refractivity contribution in [1.29, 1.82) is 0 Å². The zero-order valence-electron chi connectivity index (χ0n) is 16.2. The van der Waals surface area contributed by atoms with Crippen molar-refractivity contribution in [2.24, 2.45) is 0 Å². The Morgan fingerprint density at radius 3 is 2.83 bits per heavy atom. The lowest BCUT2D eigenvalue weighted by Crippen LogP contribution is -2.35.